The molecule has 0 fully saturated rings. The molecule has 0 aliphatic rings. The molecule has 0 aliphatic carbocycles. The molecule has 34 heavy (non-hydrogen) atoms. The van der Waals surface area contributed by atoms with Crippen molar-refractivity contribution in [2.45, 2.75) is 12.7 Å². The van der Waals surface area contributed by atoms with E-state index in [4.69, 9.17) is 5.73 Å². The molecule has 7 nitrogen and oxygen atoms in total. The summed E-state index contributed by atoms with van der Waals surface area (Å²) in [6.07, 6.45) is -0.0103. The first-order chi connectivity index (χ1) is 16.4. The fraction of sp³-hybridized carbons (Fsp3) is 0.0833. The molecule has 0 aliphatic heterocycles. The summed E-state index contributed by atoms with van der Waals surface area (Å²) in [5.74, 6) is 0.135. The Morgan fingerprint density at radius 2 is 1.65 bits per heavy atom. The third kappa shape index (κ3) is 4.25. The normalized spacial score (nSPS) is 11.6. The molecule has 0 saturated carbocycles. The first-order valence-electron chi connectivity index (χ1n) is 10.3. The lowest BCUT2D eigenvalue weighted by Crippen LogP contribution is -2.10. The average Bonchev–Trinajstić information content (AvgIpc) is 3.27. The van der Waals surface area contributed by atoms with Gasteiger partial charge in [-0.05, 0) is 35.9 Å². The fourth-order valence-electron chi connectivity index (χ4n) is 3.51. The van der Waals surface area contributed by atoms with Gasteiger partial charge in [-0.15, -0.1) is 0 Å². The summed E-state index contributed by atoms with van der Waals surface area (Å²) in [6.45, 7) is 0.642. The van der Waals surface area contributed by atoms with E-state index in [-0.39, 0.29) is 5.56 Å². The van der Waals surface area contributed by atoms with E-state index in [1.807, 2.05) is 42.5 Å². The zero-order chi connectivity index (χ0) is 23.7. The molecule has 0 spiro atoms. The highest BCUT2D eigenvalue weighted by molar-refractivity contribution is 5.67. The molecule has 0 unspecified atom stereocenters. The smallest absolute Gasteiger partial charge is 0.383 e. The molecule has 0 radical (unpaired) electrons. The molecule has 10 heteroatoms. The molecule has 1 aromatic carbocycles. The number of pyridine rings is 2. The molecule has 0 bridgehead atoms. The van der Waals surface area contributed by atoms with Crippen molar-refractivity contribution in [2.24, 2.45) is 0 Å². The molecule has 4 aromatic heterocycles. The number of hydrogen-bond donors (Lipinski definition) is 2. The van der Waals surface area contributed by atoms with Gasteiger partial charge >= 0.3 is 6.18 Å². The van der Waals surface area contributed by atoms with Gasteiger partial charge in [0.15, 0.2) is 5.65 Å². The monoisotopic (exact) mass is 461 g/mol. The van der Waals surface area contributed by atoms with E-state index in [1.165, 1.54) is 6.20 Å². The van der Waals surface area contributed by atoms with Crippen molar-refractivity contribution in [1.29, 1.82) is 0 Å². The van der Waals surface area contributed by atoms with E-state index in [9.17, 15) is 13.2 Å². The molecule has 3 N–H and O–H groups in total. The van der Waals surface area contributed by atoms with Crippen molar-refractivity contribution in [3.05, 3.63) is 90.4 Å². The lowest BCUT2D eigenvalue weighted by molar-refractivity contribution is -0.137. The van der Waals surface area contributed by atoms with Crippen molar-refractivity contribution < 1.29 is 13.2 Å². The van der Waals surface area contributed by atoms with Crippen LogP contribution < -0.4 is 11.1 Å². The maximum Gasteiger partial charge on any atom is 0.419 e. The van der Waals surface area contributed by atoms with Gasteiger partial charge < -0.3 is 11.1 Å². The Balaban J connectivity index is 1.44. The summed E-state index contributed by atoms with van der Waals surface area (Å²) in [7, 11) is 0. The molecular formula is C24H18F3N7. The minimum Gasteiger partial charge on any atom is -0.383 e. The Kier molecular flexibility index (Phi) is 5.33. The fourth-order valence-corrected chi connectivity index (χ4v) is 3.51. The standard InChI is InChI=1S/C24H18F3N7/c25-24(26,27)18-10-17(13-32-23(18)28)19-7-9-22-31-14-20(34(22)33-19)16-6-8-21(30-12-16)29-11-15-4-2-1-3-5-15/h1-10,12-14H,11H2,(H2,28,32)(H,29,30). The van der Waals surface area contributed by atoms with Crippen LogP contribution in [0.25, 0.3) is 28.2 Å². The first-order valence-corrected chi connectivity index (χ1v) is 10.3. The van der Waals surface area contributed by atoms with Gasteiger partial charge in [-0.25, -0.2) is 19.5 Å². The number of halogens is 3. The Bertz CT molecular complexity index is 1450. The predicted octanol–water partition coefficient (Wildman–Crippen LogP) is 5.07. The van der Waals surface area contributed by atoms with E-state index < -0.39 is 17.6 Å². The highest BCUT2D eigenvalue weighted by Gasteiger charge is 2.34. The molecular weight excluding hydrogens is 443 g/mol. The summed E-state index contributed by atoms with van der Waals surface area (Å²) < 4.78 is 41.3. The van der Waals surface area contributed by atoms with Crippen LogP contribution in [0.4, 0.5) is 24.8 Å². The number of imidazole rings is 1. The van der Waals surface area contributed by atoms with Gasteiger partial charge in [-0.1, -0.05) is 30.3 Å². The minimum atomic E-state index is -4.61. The van der Waals surface area contributed by atoms with Crippen molar-refractivity contribution in [1.82, 2.24) is 24.6 Å². The van der Waals surface area contributed by atoms with Crippen LogP contribution in [0, 0.1) is 0 Å². The number of benzene rings is 1. The van der Waals surface area contributed by atoms with Gasteiger partial charge in [0.1, 0.15) is 11.6 Å². The Labute approximate surface area is 192 Å². The van der Waals surface area contributed by atoms with Gasteiger partial charge in [0.05, 0.1) is 23.1 Å². The number of nitrogens with two attached hydrogens (primary N) is 1. The lowest BCUT2D eigenvalue weighted by atomic mass is 10.1. The SMILES string of the molecule is Nc1ncc(-c2ccc3ncc(-c4ccc(NCc5ccccc5)nc4)n3n2)cc1C(F)(F)F. The summed E-state index contributed by atoms with van der Waals surface area (Å²) >= 11 is 0. The van der Waals surface area contributed by atoms with Gasteiger partial charge in [-0.3, -0.25) is 0 Å². The van der Waals surface area contributed by atoms with Gasteiger partial charge in [-0.2, -0.15) is 18.3 Å². The highest BCUT2D eigenvalue weighted by atomic mass is 19.4. The zero-order valence-corrected chi connectivity index (χ0v) is 17.7. The maximum atomic E-state index is 13.2. The molecule has 170 valence electrons. The highest BCUT2D eigenvalue weighted by Crippen LogP contribution is 2.35. The third-order valence-corrected chi connectivity index (χ3v) is 5.26. The number of nitrogen functional groups attached to an aromatic ring is 1. The number of nitrogens with zero attached hydrogens (tertiary/aromatic N) is 5. The average molecular weight is 461 g/mol. The van der Waals surface area contributed by atoms with Gasteiger partial charge in [0.25, 0.3) is 0 Å². The number of hydrogen-bond acceptors (Lipinski definition) is 6. The minimum absolute atomic E-state index is 0.196. The topological polar surface area (TPSA) is 94.0 Å². The molecule has 5 aromatic rings. The molecule has 5 rings (SSSR count). The largest absolute Gasteiger partial charge is 0.419 e. The van der Waals surface area contributed by atoms with Crippen molar-refractivity contribution >= 4 is 17.3 Å². The van der Waals surface area contributed by atoms with E-state index in [1.54, 1.807) is 29.0 Å². The second-order valence-corrected chi connectivity index (χ2v) is 7.56. The number of aromatic nitrogens is 5. The first kappa shape index (κ1) is 21.4. The predicted molar refractivity (Wildman–Crippen MR) is 123 cm³/mol. The van der Waals surface area contributed by atoms with Crippen LogP contribution in [0.15, 0.2) is 79.3 Å². The summed E-state index contributed by atoms with van der Waals surface area (Å²) in [5.41, 5.74) is 8.01. The van der Waals surface area contributed by atoms with Crippen LogP contribution in [0.2, 0.25) is 0 Å². The molecule has 4 heterocycles. The van der Waals surface area contributed by atoms with Crippen LogP contribution >= 0.6 is 0 Å². The van der Waals surface area contributed by atoms with E-state index in [2.05, 4.69) is 25.4 Å². The summed E-state index contributed by atoms with van der Waals surface area (Å²) in [4.78, 5) is 12.5. The number of rotatable bonds is 5. The van der Waals surface area contributed by atoms with Gasteiger partial charge in [0, 0.05) is 30.1 Å². The van der Waals surface area contributed by atoms with E-state index in [0.717, 1.165) is 17.2 Å². The summed E-state index contributed by atoms with van der Waals surface area (Å²) in [5, 5.41) is 7.76. The number of fused-ring (bicyclic) bond motifs is 1. The van der Waals surface area contributed by atoms with Gasteiger partial charge in [0.2, 0.25) is 0 Å². The molecule has 0 amide bonds. The van der Waals surface area contributed by atoms with Crippen LogP contribution in [0.5, 0.6) is 0 Å². The van der Waals surface area contributed by atoms with Crippen LogP contribution in [0.1, 0.15) is 11.1 Å². The van der Waals surface area contributed by atoms with Crippen molar-refractivity contribution in [3.63, 3.8) is 0 Å². The molecule has 0 saturated heterocycles. The second-order valence-electron chi connectivity index (χ2n) is 7.56. The number of nitrogens with one attached hydrogen (secondary N) is 1. The van der Waals surface area contributed by atoms with E-state index >= 15 is 0 Å². The quantitative estimate of drug-likeness (QED) is 0.380. The number of anilines is 2. The van der Waals surface area contributed by atoms with Crippen molar-refractivity contribution in [2.75, 3.05) is 11.1 Å². The zero-order valence-electron chi connectivity index (χ0n) is 17.7. The Morgan fingerprint density at radius 3 is 2.38 bits per heavy atom. The van der Waals surface area contributed by atoms with Crippen LogP contribution in [-0.4, -0.2) is 24.6 Å². The second kappa shape index (κ2) is 8.47. The number of alkyl halides is 3. The van der Waals surface area contributed by atoms with Crippen LogP contribution in [0.3, 0.4) is 0 Å². The van der Waals surface area contributed by atoms with Crippen LogP contribution in [-0.2, 0) is 12.7 Å². The Hall–Kier alpha value is -4.47. The van der Waals surface area contributed by atoms with E-state index in [0.29, 0.717) is 29.4 Å². The third-order valence-electron chi connectivity index (χ3n) is 5.26. The molecule has 0 atom stereocenters. The maximum absolute atomic E-state index is 13.2. The summed E-state index contributed by atoms with van der Waals surface area (Å²) in [6, 6.07) is 17.9. The lowest BCUT2D eigenvalue weighted by Gasteiger charge is -2.11. The van der Waals surface area contributed by atoms with Crippen molar-refractivity contribution in [3.8, 4) is 22.5 Å². The Morgan fingerprint density at radius 1 is 0.853 bits per heavy atom.